The number of aliphatic hydroxyl groups excluding tert-OH is 3. The van der Waals surface area contributed by atoms with Gasteiger partial charge in [-0.05, 0) is 56.4 Å². The zero-order chi connectivity index (χ0) is 32.1. The first kappa shape index (κ1) is 34.5. The average Bonchev–Trinajstić information content (AvgIpc) is 2.98. The van der Waals surface area contributed by atoms with E-state index in [1.165, 1.54) is 6.20 Å². The molecule has 0 aliphatic carbocycles. The summed E-state index contributed by atoms with van der Waals surface area (Å²) in [6.07, 6.45) is -0.724. The van der Waals surface area contributed by atoms with Gasteiger partial charge in [0.1, 0.15) is 5.60 Å². The summed E-state index contributed by atoms with van der Waals surface area (Å²) in [5, 5.41) is 48.9. The molecule has 238 valence electrons. The number of hydrogen-bond donors (Lipinski definition) is 6. The molecule has 44 heavy (non-hydrogen) atoms. The maximum absolute atomic E-state index is 12.6. The molecule has 2 aromatic carbocycles. The molecule has 3 aromatic rings. The Morgan fingerprint density at radius 2 is 1.48 bits per heavy atom. The van der Waals surface area contributed by atoms with E-state index in [1.807, 2.05) is 60.7 Å². The molecule has 0 aliphatic heterocycles. The van der Waals surface area contributed by atoms with Gasteiger partial charge in [-0.1, -0.05) is 66.7 Å². The largest absolute Gasteiger partial charge is 0.465 e. The number of carboxylic acid groups (broad SMARTS) is 1. The van der Waals surface area contributed by atoms with Crippen LogP contribution in [0.5, 0.6) is 0 Å². The number of aromatic nitrogens is 1. The van der Waals surface area contributed by atoms with Crippen LogP contribution in [0.4, 0.5) is 9.59 Å². The van der Waals surface area contributed by atoms with Crippen LogP contribution >= 0.6 is 0 Å². The number of alkyl carbamates (subject to hydrolysis) is 1. The Bertz CT molecular complexity index is 1280. The Kier molecular flexibility index (Phi) is 13.1. The quantitative estimate of drug-likeness (QED) is 0.152. The Morgan fingerprint density at radius 1 is 0.886 bits per heavy atom. The number of aliphatic hydroxyl groups is 3. The van der Waals surface area contributed by atoms with Crippen LogP contribution in [-0.2, 0) is 17.6 Å². The topological polar surface area (TPSA) is 164 Å². The second-order valence-electron chi connectivity index (χ2n) is 11.7. The van der Waals surface area contributed by atoms with Gasteiger partial charge in [0.15, 0.2) is 0 Å². The van der Waals surface area contributed by atoms with Crippen LogP contribution in [-0.4, -0.2) is 92.1 Å². The van der Waals surface area contributed by atoms with Gasteiger partial charge < -0.3 is 35.8 Å². The van der Waals surface area contributed by atoms with Crippen molar-refractivity contribution in [3.63, 3.8) is 0 Å². The van der Waals surface area contributed by atoms with E-state index in [0.29, 0.717) is 12.0 Å². The summed E-state index contributed by atoms with van der Waals surface area (Å²) in [5.74, 6) is 0. The summed E-state index contributed by atoms with van der Waals surface area (Å²) in [6, 6.07) is 19.3. The molecule has 11 nitrogen and oxygen atoms in total. The molecule has 0 saturated heterocycles. The fourth-order valence-electron chi connectivity index (χ4n) is 4.98. The minimum absolute atomic E-state index is 0.0124. The number of amides is 2. The number of nitrogens with zero attached hydrogens (tertiary/aromatic N) is 2. The second-order valence-corrected chi connectivity index (χ2v) is 11.7. The lowest BCUT2D eigenvalue weighted by Gasteiger charge is -2.38. The normalized spacial score (nSPS) is 15.0. The van der Waals surface area contributed by atoms with Crippen LogP contribution in [0, 0.1) is 0 Å². The smallest absolute Gasteiger partial charge is 0.408 e. The fourth-order valence-corrected chi connectivity index (χ4v) is 4.98. The zero-order valence-electron chi connectivity index (χ0n) is 25.4. The van der Waals surface area contributed by atoms with Crippen molar-refractivity contribution in [2.24, 2.45) is 0 Å². The van der Waals surface area contributed by atoms with Crippen LogP contribution in [0.1, 0.15) is 43.5 Å². The maximum atomic E-state index is 12.6. The van der Waals surface area contributed by atoms with E-state index < -0.39 is 54.7 Å². The number of ether oxygens (including phenoxy) is 1. The molecule has 0 fully saturated rings. The van der Waals surface area contributed by atoms with E-state index in [-0.39, 0.29) is 19.5 Å². The van der Waals surface area contributed by atoms with E-state index in [0.717, 1.165) is 16.0 Å². The number of nitrogens with one attached hydrogen (secondary N) is 2. The number of pyridine rings is 1. The van der Waals surface area contributed by atoms with Gasteiger partial charge in [0.2, 0.25) is 0 Å². The minimum Gasteiger partial charge on any atom is -0.465 e. The number of hydrogen-bond acceptors (Lipinski definition) is 8. The van der Waals surface area contributed by atoms with Gasteiger partial charge in [0.05, 0.1) is 36.9 Å². The van der Waals surface area contributed by atoms with Crippen LogP contribution in [0.2, 0.25) is 0 Å². The number of carbonyl (C=O) groups is 2. The van der Waals surface area contributed by atoms with E-state index in [2.05, 4.69) is 15.6 Å². The molecule has 0 radical (unpaired) electrons. The van der Waals surface area contributed by atoms with E-state index in [4.69, 9.17) is 4.74 Å². The molecule has 3 rings (SSSR count). The first-order valence-corrected chi connectivity index (χ1v) is 14.6. The van der Waals surface area contributed by atoms with Gasteiger partial charge >= 0.3 is 12.2 Å². The molecule has 0 spiro atoms. The van der Waals surface area contributed by atoms with E-state index in [1.54, 1.807) is 39.1 Å². The molecule has 2 amide bonds. The molecular formula is C33H44N4O7. The molecule has 11 heteroatoms. The van der Waals surface area contributed by atoms with Crippen LogP contribution in [0.15, 0.2) is 85.2 Å². The Balaban J connectivity index is 1.77. The number of rotatable bonds is 15. The average molecular weight is 609 g/mol. The highest BCUT2D eigenvalue weighted by atomic mass is 16.6. The first-order chi connectivity index (χ1) is 21.0. The predicted octanol–water partition coefficient (Wildman–Crippen LogP) is 3.15. The van der Waals surface area contributed by atoms with Crippen molar-refractivity contribution < 1.29 is 34.8 Å². The van der Waals surface area contributed by atoms with Crippen molar-refractivity contribution >= 4 is 12.2 Å². The van der Waals surface area contributed by atoms with Crippen molar-refractivity contribution in [2.75, 3.05) is 19.7 Å². The lowest BCUT2D eigenvalue weighted by atomic mass is 9.96. The molecule has 0 aliphatic rings. The Morgan fingerprint density at radius 3 is 2.00 bits per heavy atom. The van der Waals surface area contributed by atoms with Gasteiger partial charge in [-0.2, -0.15) is 0 Å². The third-order valence-electron chi connectivity index (χ3n) is 7.06. The van der Waals surface area contributed by atoms with Gasteiger partial charge in [0, 0.05) is 25.5 Å². The molecule has 1 aromatic heterocycles. The van der Waals surface area contributed by atoms with Crippen molar-refractivity contribution in [3.8, 4) is 0 Å². The fraction of sp³-hybridized carbons (Fsp3) is 0.424. The summed E-state index contributed by atoms with van der Waals surface area (Å²) in [6.45, 7) is 4.65. The first-order valence-electron chi connectivity index (χ1n) is 14.6. The minimum atomic E-state index is -1.31. The SMILES string of the molecule is CC(C)(C)OC(=O)N[C@@H](Cc1ccccc1)[C@H](O)CNC[C@@H](O)[C@H](Cc1ccccc1)N(C(=O)O)C(CO)c1cccnc1. The van der Waals surface area contributed by atoms with Gasteiger partial charge in [-0.15, -0.1) is 0 Å². The lowest BCUT2D eigenvalue weighted by Crippen LogP contribution is -2.54. The predicted molar refractivity (Wildman–Crippen MR) is 166 cm³/mol. The molecule has 5 atom stereocenters. The summed E-state index contributed by atoms with van der Waals surface area (Å²) in [4.78, 5) is 30.3. The summed E-state index contributed by atoms with van der Waals surface area (Å²) in [7, 11) is 0. The van der Waals surface area contributed by atoms with Gasteiger partial charge in [0.25, 0.3) is 0 Å². The molecule has 1 unspecified atom stereocenters. The lowest BCUT2D eigenvalue weighted by molar-refractivity contribution is 0.0112. The Labute approximate surface area is 258 Å². The van der Waals surface area contributed by atoms with Crippen molar-refractivity contribution in [1.82, 2.24) is 20.5 Å². The van der Waals surface area contributed by atoms with E-state index >= 15 is 0 Å². The van der Waals surface area contributed by atoms with Crippen molar-refractivity contribution in [3.05, 3.63) is 102 Å². The van der Waals surface area contributed by atoms with Crippen LogP contribution in [0.3, 0.4) is 0 Å². The number of carbonyl (C=O) groups excluding carboxylic acids is 1. The molecule has 6 N–H and O–H groups in total. The van der Waals surface area contributed by atoms with Crippen LogP contribution < -0.4 is 10.6 Å². The number of benzene rings is 2. The summed E-state index contributed by atoms with van der Waals surface area (Å²) >= 11 is 0. The monoisotopic (exact) mass is 608 g/mol. The van der Waals surface area contributed by atoms with E-state index in [9.17, 15) is 30.0 Å². The summed E-state index contributed by atoms with van der Waals surface area (Å²) in [5.41, 5.74) is 1.47. The van der Waals surface area contributed by atoms with Gasteiger partial charge in [-0.3, -0.25) is 9.88 Å². The second kappa shape index (κ2) is 16.7. The third kappa shape index (κ3) is 10.9. The highest BCUT2D eigenvalue weighted by Crippen LogP contribution is 2.26. The maximum Gasteiger partial charge on any atom is 0.408 e. The standard InChI is InChI=1S/C33H44N4O7/c1-33(2,3)44-31(41)36-26(17-23-11-6-4-7-12-23)29(39)20-35-21-30(40)27(18-24-13-8-5-9-14-24)37(32(42)43)28(22-38)25-15-10-16-34-19-25/h4-16,19,26-30,35,38-40H,17-18,20-22H2,1-3H3,(H,36,41)(H,42,43)/t26-,27-,28?,29+,30+/m0/s1. The zero-order valence-corrected chi connectivity index (χ0v) is 25.4. The highest BCUT2D eigenvalue weighted by molar-refractivity contribution is 5.68. The summed E-state index contributed by atoms with van der Waals surface area (Å²) < 4.78 is 5.40. The van der Waals surface area contributed by atoms with Crippen LogP contribution in [0.25, 0.3) is 0 Å². The molecule has 1 heterocycles. The van der Waals surface area contributed by atoms with Gasteiger partial charge in [-0.25, -0.2) is 9.59 Å². The molecular weight excluding hydrogens is 564 g/mol. The Hall–Kier alpha value is -4.03. The van der Waals surface area contributed by atoms with Crippen molar-refractivity contribution in [2.45, 2.75) is 69.5 Å². The molecule has 0 saturated carbocycles. The third-order valence-corrected chi connectivity index (χ3v) is 7.06. The van der Waals surface area contributed by atoms with Crippen molar-refractivity contribution in [1.29, 1.82) is 0 Å². The highest BCUT2D eigenvalue weighted by Gasteiger charge is 2.36. The molecule has 0 bridgehead atoms.